The van der Waals surface area contributed by atoms with E-state index in [1.165, 1.54) is 4.88 Å². The molecule has 2 aromatic heterocycles. The van der Waals surface area contributed by atoms with Crippen molar-refractivity contribution >= 4 is 11.3 Å². The third-order valence-electron chi connectivity index (χ3n) is 2.96. The maximum Gasteiger partial charge on any atom is 0.122 e. The molecule has 5 heteroatoms. The highest BCUT2D eigenvalue weighted by molar-refractivity contribution is 7.09. The van der Waals surface area contributed by atoms with E-state index >= 15 is 0 Å². The monoisotopic (exact) mass is 291 g/mol. The summed E-state index contributed by atoms with van der Waals surface area (Å²) in [5.74, 6) is 0.885. The molecule has 1 N–H and O–H groups in total. The maximum absolute atomic E-state index is 5.79. The lowest BCUT2D eigenvalue weighted by Crippen LogP contribution is -2.14. The highest BCUT2D eigenvalue weighted by Crippen LogP contribution is 2.15. The van der Waals surface area contributed by atoms with Gasteiger partial charge in [0.1, 0.15) is 5.75 Å². The van der Waals surface area contributed by atoms with E-state index in [9.17, 15) is 0 Å². The van der Waals surface area contributed by atoms with E-state index in [1.54, 1.807) is 17.5 Å². The molecule has 2 aromatic rings. The molecule has 4 nitrogen and oxygen atoms in total. The van der Waals surface area contributed by atoms with Crippen LogP contribution in [0.2, 0.25) is 0 Å². The first-order chi connectivity index (χ1) is 9.79. The molecule has 108 valence electrons. The lowest BCUT2D eigenvalue weighted by atomic mass is 10.3. The van der Waals surface area contributed by atoms with Gasteiger partial charge in [-0.25, -0.2) is 4.98 Å². The Morgan fingerprint density at radius 3 is 3.00 bits per heavy atom. The zero-order valence-electron chi connectivity index (χ0n) is 12.1. The number of aryl methyl sites for hydroxylation is 1. The lowest BCUT2D eigenvalue weighted by molar-refractivity contribution is 0.322. The molecular formula is C15H21N3OS. The predicted octanol–water partition coefficient (Wildman–Crippen LogP) is 2.97. The molecule has 2 rings (SSSR count). The third kappa shape index (κ3) is 4.58. The summed E-state index contributed by atoms with van der Waals surface area (Å²) in [5.41, 5.74) is 4.01. The molecule has 0 radical (unpaired) electrons. The highest BCUT2D eigenvalue weighted by atomic mass is 32.1. The lowest BCUT2D eigenvalue weighted by Gasteiger charge is -2.08. The zero-order valence-corrected chi connectivity index (χ0v) is 12.9. The highest BCUT2D eigenvalue weighted by Gasteiger charge is 2.02. The number of nitrogens with one attached hydrogen (secondary N) is 1. The van der Waals surface area contributed by atoms with Crippen LogP contribution >= 0.6 is 11.3 Å². The summed E-state index contributed by atoms with van der Waals surface area (Å²) in [4.78, 5) is 9.87. The van der Waals surface area contributed by atoms with Crippen LogP contribution in [0, 0.1) is 6.92 Å². The molecule has 0 spiro atoms. The molecule has 0 atom stereocenters. The van der Waals surface area contributed by atoms with Gasteiger partial charge in [-0.2, -0.15) is 0 Å². The minimum Gasteiger partial charge on any atom is -0.493 e. The molecule has 0 aromatic carbocycles. The van der Waals surface area contributed by atoms with Gasteiger partial charge in [-0.15, -0.1) is 11.3 Å². The minimum absolute atomic E-state index is 0.675. The normalized spacial score (nSPS) is 10.7. The van der Waals surface area contributed by atoms with Crippen molar-refractivity contribution in [2.75, 3.05) is 13.2 Å². The molecule has 0 fully saturated rings. The Morgan fingerprint density at radius 2 is 2.25 bits per heavy atom. The molecule has 0 saturated heterocycles. The second-order valence-electron chi connectivity index (χ2n) is 4.62. The number of thiazole rings is 1. The summed E-state index contributed by atoms with van der Waals surface area (Å²) >= 11 is 1.69. The van der Waals surface area contributed by atoms with E-state index in [0.717, 1.165) is 43.1 Å². The van der Waals surface area contributed by atoms with Crippen LogP contribution in [0.5, 0.6) is 5.75 Å². The molecule has 0 aliphatic heterocycles. The summed E-state index contributed by atoms with van der Waals surface area (Å²) in [6.07, 6.45) is 3.84. The summed E-state index contributed by atoms with van der Waals surface area (Å²) in [5, 5.41) is 3.34. The maximum atomic E-state index is 5.79. The molecular weight excluding hydrogens is 270 g/mol. The van der Waals surface area contributed by atoms with Crippen LogP contribution in [0.25, 0.3) is 0 Å². The van der Waals surface area contributed by atoms with Gasteiger partial charge in [0.15, 0.2) is 0 Å². The van der Waals surface area contributed by atoms with Crippen molar-refractivity contribution in [3.8, 4) is 5.75 Å². The fraction of sp³-hybridized carbons (Fsp3) is 0.467. The number of nitrogens with zero attached hydrogens (tertiary/aromatic N) is 2. The topological polar surface area (TPSA) is 47.0 Å². The van der Waals surface area contributed by atoms with Crippen molar-refractivity contribution in [2.24, 2.45) is 0 Å². The van der Waals surface area contributed by atoms with Crippen molar-refractivity contribution in [2.45, 2.75) is 33.2 Å². The molecule has 20 heavy (non-hydrogen) atoms. The Kier molecular flexibility index (Phi) is 5.95. The fourth-order valence-electron chi connectivity index (χ4n) is 1.86. The van der Waals surface area contributed by atoms with Crippen LogP contribution in [0.4, 0.5) is 0 Å². The van der Waals surface area contributed by atoms with Gasteiger partial charge in [-0.1, -0.05) is 6.92 Å². The summed E-state index contributed by atoms with van der Waals surface area (Å²) in [6.45, 7) is 6.67. The Morgan fingerprint density at radius 1 is 1.35 bits per heavy atom. The standard InChI is InChI=1S/C15H21N3OS/c1-3-6-16-10-13-9-14(4-7-17-13)19-8-5-15-12(2)18-11-20-15/h4,7,9,11,16H,3,5-6,8,10H2,1-2H3. The molecule has 0 aliphatic carbocycles. The van der Waals surface area contributed by atoms with Crippen molar-refractivity contribution in [1.82, 2.24) is 15.3 Å². The number of hydrogen-bond acceptors (Lipinski definition) is 5. The van der Waals surface area contributed by atoms with E-state index in [4.69, 9.17) is 4.74 Å². The number of hydrogen-bond donors (Lipinski definition) is 1. The SMILES string of the molecule is CCCNCc1cc(OCCc2scnc2C)ccn1. The molecule has 0 bridgehead atoms. The third-order valence-corrected chi connectivity index (χ3v) is 3.96. The zero-order chi connectivity index (χ0) is 14.2. The average Bonchev–Trinajstić information content (AvgIpc) is 2.85. The van der Waals surface area contributed by atoms with E-state index in [2.05, 4.69) is 22.2 Å². The first-order valence-electron chi connectivity index (χ1n) is 6.97. The average molecular weight is 291 g/mol. The smallest absolute Gasteiger partial charge is 0.122 e. The van der Waals surface area contributed by atoms with E-state index in [1.807, 2.05) is 24.6 Å². The van der Waals surface area contributed by atoms with Crippen LogP contribution in [0.3, 0.4) is 0 Å². The molecule has 0 aliphatic rings. The van der Waals surface area contributed by atoms with Crippen LogP contribution < -0.4 is 10.1 Å². The van der Waals surface area contributed by atoms with Crippen LogP contribution in [-0.2, 0) is 13.0 Å². The van der Waals surface area contributed by atoms with Crippen LogP contribution in [0.1, 0.15) is 29.6 Å². The molecule has 0 amide bonds. The molecule has 0 saturated carbocycles. The number of rotatable bonds is 8. The van der Waals surface area contributed by atoms with Gasteiger partial charge in [0.2, 0.25) is 0 Å². The van der Waals surface area contributed by atoms with Crippen molar-refractivity contribution in [1.29, 1.82) is 0 Å². The van der Waals surface area contributed by atoms with E-state index < -0.39 is 0 Å². The predicted molar refractivity (Wildman–Crippen MR) is 82.3 cm³/mol. The molecule has 2 heterocycles. The number of pyridine rings is 1. The Bertz CT molecular complexity index is 527. The van der Waals surface area contributed by atoms with Gasteiger partial charge in [-0.3, -0.25) is 4.98 Å². The first kappa shape index (κ1) is 14.9. The number of aromatic nitrogens is 2. The van der Waals surface area contributed by atoms with E-state index in [-0.39, 0.29) is 0 Å². The number of ether oxygens (including phenoxy) is 1. The minimum atomic E-state index is 0.675. The largest absolute Gasteiger partial charge is 0.493 e. The van der Waals surface area contributed by atoms with Crippen molar-refractivity contribution in [3.63, 3.8) is 0 Å². The second kappa shape index (κ2) is 7.97. The quantitative estimate of drug-likeness (QED) is 0.760. The first-order valence-corrected chi connectivity index (χ1v) is 7.85. The Labute approximate surface area is 124 Å². The van der Waals surface area contributed by atoms with Gasteiger partial charge in [0, 0.05) is 30.1 Å². The van der Waals surface area contributed by atoms with Crippen molar-refractivity contribution < 1.29 is 4.74 Å². The van der Waals surface area contributed by atoms with Crippen molar-refractivity contribution in [3.05, 3.63) is 40.1 Å². The van der Waals surface area contributed by atoms with E-state index in [0.29, 0.717) is 6.61 Å². The van der Waals surface area contributed by atoms with Gasteiger partial charge in [0.25, 0.3) is 0 Å². The van der Waals surface area contributed by atoms with Crippen LogP contribution in [0.15, 0.2) is 23.8 Å². The fourth-order valence-corrected chi connectivity index (χ4v) is 2.63. The summed E-state index contributed by atoms with van der Waals surface area (Å²) < 4.78 is 5.79. The Hall–Kier alpha value is -1.46. The van der Waals surface area contributed by atoms with Gasteiger partial charge < -0.3 is 10.1 Å². The second-order valence-corrected chi connectivity index (χ2v) is 5.56. The summed E-state index contributed by atoms with van der Waals surface area (Å²) in [6, 6.07) is 3.91. The summed E-state index contributed by atoms with van der Waals surface area (Å²) in [7, 11) is 0. The molecule has 0 unspecified atom stereocenters. The van der Waals surface area contributed by atoms with Gasteiger partial charge >= 0.3 is 0 Å². The van der Waals surface area contributed by atoms with Gasteiger partial charge in [-0.05, 0) is 26.0 Å². The van der Waals surface area contributed by atoms with Gasteiger partial charge in [0.05, 0.1) is 23.5 Å². The Balaban J connectivity index is 1.80. The van der Waals surface area contributed by atoms with Crippen LogP contribution in [-0.4, -0.2) is 23.1 Å².